The second-order valence-electron chi connectivity index (χ2n) is 4.12. The van der Waals surface area contributed by atoms with Crippen molar-refractivity contribution in [2.45, 2.75) is 6.42 Å². The van der Waals surface area contributed by atoms with Crippen LogP contribution in [0.4, 0.5) is 5.69 Å². The number of fused-ring (bicyclic) bond motifs is 1. The highest BCUT2D eigenvalue weighted by molar-refractivity contribution is 8.00. The fourth-order valence-electron chi connectivity index (χ4n) is 1.67. The van der Waals surface area contributed by atoms with Crippen LogP contribution >= 0.6 is 11.8 Å². The standard InChI is InChI=1S/C13H15NO5S/c15-12(7-20-8-13(16)17)14-9-2-3-10-11(6-9)19-5-1-4-18-10/h2-3,6H,1,4-5,7-8H2,(H,14,15)(H,16,17)/p-1. The van der Waals surface area contributed by atoms with Gasteiger partial charge in [0.15, 0.2) is 11.5 Å². The van der Waals surface area contributed by atoms with E-state index in [0.29, 0.717) is 30.4 Å². The molecule has 0 saturated carbocycles. The van der Waals surface area contributed by atoms with Crippen LogP contribution in [0.5, 0.6) is 11.5 Å². The van der Waals surface area contributed by atoms with Crippen molar-refractivity contribution in [2.75, 3.05) is 30.0 Å². The van der Waals surface area contributed by atoms with Gasteiger partial charge < -0.3 is 24.7 Å². The molecule has 0 aromatic heterocycles. The summed E-state index contributed by atoms with van der Waals surface area (Å²) in [6, 6.07) is 5.15. The van der Waals surface area contributed by atoms with Gasteiger partial charge in [0.1, 0.15) is 0 Å². The summed E-state index contributed by atoms with van der Waals surface area (Å²) in [5.74, 6) is -0.338. The summed E-state index contributed by atoms with van der Waals surface area (Å²) < 4.78 is 11.0. The van der Waals surface area contributed by atoms with Crippen LogP contribution in [0.2, 0.25) is 0 Å². The highest BCUT2D eigenvalue weighted by Gasteiger charge is 2.11. The largest absolute Gasteiger partial charge is 0.549 e. The van der Waals surface area contributed by atoms with Crippen LogP contribution in [0.15, 0.2) is 18.2 Å². The number of thioether (sulfide) groups is 1. The van der Waals surface area contributed by atoms with Crippen LogP contribution in [0.1, 0.15) is 6.42 Å². The summed E-state index contributed by atoms with van der Waals surface area (Å²) in [4.78, 5) is 21.9. The van der Waals surface area contributed by atoms with Gasteiger partial charge in [-0.2, -0.15) is 0 Å². The van der Waals surface area contributed by atoms with Gasteiger partial charge in [-0.3, -0.25) is 4.79 Å². The molecule has 0 bridgehead atoms. The number of amides is 1. The first kappa shape index (κ1) is 14.5. The molecule has 2 rings (SSSR count). The minimum absolute atomic E-state index is 0.0580. The van der Waals surface area contributed by atoms with Crippen LogP contribution in [0.25, 0.3) is 0 Å². The van der Waals surface area contributed by atoms with E-state index in [1.54, 1.807) is 18.2 Å². The molecule has 0 unspecified atom stereocenters. The molecule has 7 heteroatoms. The average molecular weight is 296 g/mol. The monoisotopic (exact) mass is 296 g/mol. The van der Waals surface area contributed by atoms with Gasteiger partial charge in [0.2, 0.25) is 5.91 Å². The van der Waals surface area contributed by atoms with Crippen molar-refractivity contribution in [2.24, 2.45) is 0 Å². The minimum Gasteiger partial charge on any atom is -0.549 e. The van der Waals surface area contributed by atoms with E-state index in [1.807, 2.05) is 0 Å². The van der Waals surface area contributed by atoms with E-state index in [1.165, 1.54) is 0 Å². The maximum Gasteiger partial charge on any atom is 0.234 e. The average Bonchev–Trinajstić information content (AvgIpc) is 2.62. The van der Waals surface area contributed by atoms with Crippen molar-refractivity contribution in [1.82, 2.24) is 0 Å². The van der Waals surface area contributed by atoms with E-state index < -0.39 is 5.97 Å². The van der Waals surface area contributed by atoms with E-state index in [4.69, 9.17) is 9.47 Å². The van der Waals surface area contributed by atoms with Gasteiger partial charge in [-0.15, -0.1) is 11.8 Å². The van der Waals surface area contributed by atoms with Gasteiger partial charge in [0.05, 0.1) is 24.9 Å². The Hall–Kier alpha value is -1.89. The third-order valence-corrected chi connectivity index (χ3v) is 3.39. The zero-order chi connectivity index (χ0) is 14.4. The number of hydrogen-bond acceptors (Lipinski definition) is 6. The Labute approximate surface area is 120 Å². The molecule has 0 atom stereocenters. The molecule has 0 radical (unpaired) electrons. The van der Waals surface area contributed by atoms with Crippen LogP contribution in [0, 0.1) is 0 Å². The quantitative estimate of drug-likeness (QED) is 0.839. The van der Waals surface area contributed by atoms with Crippen LogP contribution in [0.3, 0.4) is 0 Å². The Bertz CT molecular complexity index is 506. The first-order valence-corrected chi connectivity index (χ1v) is 7.28. The zero-order valence-corrected chi connectivity index (χ0v) is 11.5. The van der Waals surface area contributed by atoms with Gasteiger partial charge in [-0.25, -0.2) is 0 Å². The number of carboxylic acid groups (broad SMARTS) is 1. The number of hydrogen-bond donors (Lipinski definition) is 1. The molecule has 108 valence electrons. The van der Waals surface area contributed by atoms with Crippen LogP contribution in [-0.4, -0.2) is 36.6 Å². The lowest BCUT2D eigenvalue weighted by molar-refractivity contribution is -0.301. The van der Waals surface area contributed by atoms with Crippen molar-refractivity contribution in [3.63, 3.8) is 0 Å². The Morgan fingerprint density at radius 3 is 2.70 bits per heavy atom. The second kappa shape index (κ2) is 7.04. The number of aliphatic carboxylic acids is 1. The van der Waals surface area contributed by atoms with Crippen molar-refractivity contribution < 1.29 is 24.2 Å². The number of carboxylic acids is 1. The number of rotatable bonds is 5. The fourth-order valence-corrected chi connectivity index (χ4v) is 2.19. The predicted molar refractivity (Wildman–Crippen MR) is 73.0 cm³/mol. The third kappa shape index (κ3) is 4.34. The first-order valence-electron chi connectivity index (χ1n) is 6.12. The maximum absolute atomic E-state index is 11.6. The summed E-state index contributed by atoms with van der Waals surface area (Å²) in [6.07, 6.45) is 0.816. The normalized spacial score (nSPS) is 13.4. The highest BCUT2D eigenvalue weighted by atomic mass is 32.2. The molecule has 0 aliphatic carbocycles. The molecule has 1 aliphatic heterocycles. The van der Waals surface area contributed by atoms with E-state index in [2.05, 4.69) is 5.32 Å². The zero-order valence-electron chi connectivity index (χ0n) is 10.7. The summed E-state index contributed by atoms with van der Waals surface area (Å²) in [6.45, 7) is 1.18. The Kier molecular flexibility index (Phi) is 5.11. The molecule has 0 fully saturated rings. The lowest BCUT2D eigenvalue weighted by Gasteiger charge is -2.10. The summed E-state index contributed by atoms with van der Waals surface area (Å²) in [5, 5.41) is 12.9. The molecule has 1 aliphatic rings. The number of anilines is 1. The number of carbonyl (C=O) groups is 2. The Balaban J connectivity index is 1.91. The molecule has 1 amide bonds. The lowest BCUT2D eigenvalue weighted by atomic mass is 10.2. The van der Waals surface area contributed by atoms with Crippen LogP contribution < -0.4 is 19.9 Å². The highest BCUT2D eigenvalue weighted by Crippen LogP contribution is 2.32. The molecule has 0 saturated heterocycles. The number of carbonyl (C=O) groups excluding carboxylic acids is 2. The summed E-state index contributed by atoms with van der Waals surface area (Å²) >= 11 is 0.991. The molecule has 20 heavy (non-hydrogen) atoms. The van der Waals surface area contributed by atoms with Gasteiger partial charge in [-0.1, -0.05) is 0 Å². The molecule has 0 spiro atoms. The third-order valence-electron chi connectivity index (χ3n) is 2.48. The molecular weight excluding hydrogens is 282 g/mol. The Morgan fingerprint density at radius 1 is 1.20 bits per heavy atom. The minimum atomic E-state index is -1.18. The van der Waals surface area contributed by atoms with E-state index in [-0.39, 0.29) is 17.4 Å². The van der Waals surface area contributed by atoms with E-state index in [0.717, 1.165) is 18.2 Å². The molecule has 1 N–H and O–H groups in total. The summed E-state index contributed by atoms with van der Waals surface area (Å²) in [5.41, 5.74) is 0.591. The summed E-state index contributed by atoms with van der Waals surface area (Å²) in [7, 11) is 0. The topological polar surface area (TPSA) is 87.7 Å². The van der Waals surface area contributed by atoms with Crippen molar-refractivity contribution in [3.8, 4) is 11.5 Å². The lowest BCUT2D eigenvalue weighted by Crippen LogP contribution is -2.25. The molecule has 1 heterocycles. The number of ether oxygens (including phenoxy) is 2. The Morgan fingerprint density at radius 2 is 1.95 bits per heavy atom. The first-order chi connectivity index (χ1) is 9.65. The fraction of sp³-hybridized carbons (Fsp3) is 0.385. The van der Waals surface area contributed by atoms with Gasteiger partial charge in [-0.05, 0) is 12.1 Å². The van der Waals surface area contributed by atoms with Gasteiger partial charge >= 0.3 is 0 Å². The van der Waals surface area contributed by atoms with Crippen molar-refractivity contribution in [3.05, 3.63) is 18.2 Å². The SMILES string of the molecule is O=C([O-])CSCC(=O)Nc1ccc2c(c1)OCCCO2. The number of benzene rings is 1. The van der Waals surface area contributed by atoms with E-state index >= 15 is 0 Å². The molecular formula is C13H14NO5S-. The van der Waals surface area contributed by atoms with Crippen molar-refractivity contribution in [1.29, 1.82) is 0 Å². The van der Waals surface area contributed by atoms with Crippen molar-refractivity contribution >= 4 is 29.3 Å². The molecule has 6 nitrogen and oxygen atoms in total. The molecule has 1 aromatic carbocycles. The van der Waals surface area contributed by atoms with Gasteiger partial charge in [0, 0.05) is 23.9 Å². The second-order valence-corrected chi connectivity index (χ2v) is 5.11. The smallest absolute Gasteiger partial charge is 0.234 e. The van der Waals surface area contributed by atoms with Crippen LogP contribution in [-0.2, 0) is 9.59 Å². The van der Waals surface area contributed by atoms with Gasteiger partial charge in [0.25, 0.3) is 0 Å². The molecule has 1 aromatic rings. The van der Waals surface area contributed by atoms with E-state index in [9.17, 15) is 14.7 Å². The predicted octanol–water partition coefficient (Wildman–Crippen LogP) is 0.269. The maximum atomic E-state index is 11.6. The number of nitrogens with one attached hydrogen (secondary N) is 1.